The number of unbranched alkanes of at least 4 members (excludes halogenated alkanes) is 12. The van der Waals surface area contributed by atoms with Gasteiger partial charge in [0.1, 0.15) is 0 Å². The van der Waals surface area contributed by atoms with E-state index in [1.54, 1.807) is 0 Å². The van der Waals surface area contributed by atoms with E-state index in [9.17, 15) is 0 Å². The van der Waals surface area contributed by atoms with Crippen molar-refractivity contribution in [2.45, 2.75) is 117 Å². The number of hydrogen-bond donors (Lipinski definition) is 0. The molecule has 24 heavy (non-hydrogen) atoms. The summed E-state index contributed by atoms with van der Waals surface area (Å²) in [6.07, 6.45) is 31.9. The zero-order valence-electron chi connectivity index (χ0n) is 17.0. The van der Waals surface area contributed by atoms with E-state index < -0.39 is 0 Å². The van der Waals surface area contributed by atoms with Crippen LogP contribution in [0.15, 0.2) is 36.0 Å². The van der Waals surface area contributed by atoms with Gasteiger partial charge in [0.2, 0.25) is 0 Å². The van der Waals surface area contributed by atoms with E-state index in [4.69, 9.17) is 0 Å². The molecule has 0 rings (SSSR count). The van der Waals surface area contributed by atoms with Gasteiger partial charge < -0.3 is 0 Å². The summed E-state index contributed by atoms with van der Waals surface area (Å²) in [6, 6.07) is 0. The maximum Gasteiger partial charge on any atom is -0.0303 e. The minimum Gasteiger partial charge on any atom is -0.0840 e. The van der Waals surface area contributed by atoms with E-state index in [1.807, 2.05) is 0 Å². The maximum atomic E-state index is 2.45. The van der Waals surface area contributed by atoms with Crippen molar-refractivity contribution in [1.82, 2.24) is 0 Å². The summed E-state index contributed by atoms with van der Waals surface area (Å²) in [5, 5.41) is 0. The van der Waals surface area contributed by atoms with E-state index >= 15 is 0 Å². The highest BCUT2D eigenvalue weighted by Crippen LogP contribution is 2.11. The molecule has 0 atom stereocenters. The topological polar surface area (TPSA) is 0 Å². The third-order valence-electron chi connectivity index (χ3n) is 4.51. The largest absolute Gasteiger partial charge is 0.0840 e. The molecule has 0 aromatic heterocycles. The summed E-state index contributed by atoms with van der Waals surface area (Å²) in [5.74, 6) is 0. The van der Waals surface area contributed by atoms with Crippen LogP contribution in [0.25, 0.3) is 0 Å². The molecular weight excluding hydrogens is 288 g/mol. The molecule has 0 saturated carbocycles. The molecule has 0 N–H and O–H groups in total. The molecule has 0 amide bonds. The Morgan fingerprint density at radius 3 is 1.50 bits per heavy atom. The Bertz CT molecular complexity index is 319. The Hall–Kier alpha value is -0.780. The molecule has 0 heterocycles. The van der Waals surface area contributed by atoms with E-state index in [2.05, 4.69) is 51.2 Å². The second-order valence-electron chi connectivity index (χ2n) is 7.06. The SMILES string of the molecule is CCCCCC=CC(C=CCCCCCC)=CCCCCCCC. The molecule has 0 bridgehead atoms. The van der Waals surface area contributed by atoms with Crippen LogP contribution in [0.2, 0.25) is 0 Å². The predicted octanol–water partition coefficient (Wildman–Crippen LogP) is 8.94. The molecular formula is C24H44. The fourth-order valence-corrected chi connectivity index (χ4v) is 2.85. The van der Waals surface area contributed by atoms with Crippen LogP contribution >= 0.6 is 0 Å². The Morgan fingerprint density at radius 1 is 0.500 bits per heavy atom. The van der Waals surface area contributed by atoms with E-state index in [1.165, 1.54) is 102 Å². The predicted molar refractivity (Wildman–Crippen MR) is 113 cm³/mol. The first-order valence-corrected chi connectivity index (χ1v) is 10.9. The number of allylic oxidation sites excluding steroid dienone is 6. The second-order valence-corrected chi connectivity index (χ2v) is 7.06. The molecule has 140 valence electrons. The van der Waals surface area contributed by atoms with Crippen molar-refractivity contribution in [2.24, 2.45) is 0 Å². The van der Waals surface area contributed by atoms with Crippen molar-refractivity contribution in [1.29, 1.82) is 0 Å². The van der Waals surface area contributed by atoms with Crippen molar-refractivity contribution in [3.05, 3.63) is 36.0 Å². The molecule has 0 radical (unpaired) electrons. The van der Waals surface area contributed by atoms with Gasteiger partial charge in [0.05, 0.1) is 0 Å². The lowest BCUT2D eigenvalue weighted by molar-refractivity contribution is 0.637. The highest BCUT2D eigenvalue weighted by atomic mass is 14.0. The van der Waals surface area contributed by atoms with Crippen molar-refractivity contribution < 1.29 is 0 Å². The van der Waals surface area contributed by atoms with E-state index in [0.717, 1.165) is 0 Å². The standard InChI is InChI=1S/C24H44/c1-4-7-10-13-16-19-22-24(21-18-15-12-9-6-3)23-20-17-14-11-8-5-2/h18-19,21-23H,4-17,20H2,1-3H3. The summed E-state index contributed by atoms with van der Waals surface area (Å²) < 4.78 is 0. The van der Waals surface area contributed by atoms with Crippen LogP contribution in [0.1, 0.15) is 117 Å². The molecule has 0 aromatic rings. The summed E-state index contributed by atoms with van der Waals surface area (Å²) in [5.41, 5.74) is 1.43. The maximum absolute atomic E-state index is 2.45. The average molecular weight is 333 g/mol. The Morgan fingerprint density at radius 2 is 0.917 bits per heavy atom. The van der Waals surface area contributed by atoms with Gasteiger partial charge in [-0.15, -0.1) is 0 Å². The first-order valence-electron chi connectivity index (χ1n) is 10.9. The molecule has 0 unspecified atom stereocenters. The second kappa shape index (κ2) is 20.3. The third-order valence-corrected chi connectivity index (χ3v) is 4.51. The van der Waals surface area contributed by atoms with Gasteiger partial charge in [-0.25, -0.2) is 0 Å². The van der Waals surface area contributed by atoms with Crippen LogP contribution in [0.5, 0.6) is 0 Å². The molecule has 0 aliphatic rings. The minimum atomic E-state index is 1.23. The zero-order chi connectivity index (χ0) is 17.7. The lowest BCUT2D eigenvalue weighted by Gasteiger charge is -2.00. The summed E-state index contributed by atoms with van der Waals surface area (Å²) in [4.78, 5) is 0. The van der Waals surface area contributed by atoms with Gasteiger partial charge in [-0.05, 0) is 44.1 Å². The molecule has 0 fully saturated rings. The fourth-order valence-electron chi connectivity index (χ4n) is 2.85. The van der Waals surface area contributed by atoms with Crippen LogP contribution in [0.4, 0.5) is 0 Å². The highest BCUT2D eigenvalue weighted by molar-refractivity contribution is 5.30. The zero-order valence-corrected chi connectivity index (χ0v) is 17.0. The van der Waals surface area contributed by atoms with Crippen LogP contribution in [0.3, 0.4) is 0 Å². The molecule has 0 spiro atoms. The van der Waals surface area contributed by atoms with Gasteiger partial charge in [-0.2, -0.15) is 0 Å². The monoisotopic (exact) mass is 332 g/mol. The Balaban J connectivity index is 4.18. The quantitative estimate of drug-likeness (QED) is 0.184. The van der Waals surface area contributed by atoms with Crippen molar-refractivity contribution >= 4 is 0 Å². The molecule has 0 aliphatic carbocycles. The average Bonchev–Trinajstić information content (AvgIpc) is 2.60. The lowest BCUT2D eigenvalue weighted by atomic mass is 10.1. The van der Waals surface area contributed by atoms with Crippen molar-refractivity contribution in [3.8, 4) is 0 Å². The number of hydrogen-bond acceptors (Lipinski definition) is 0. The minimum absolute atomic E-state index is 1.23. The third kappa shape index (κ3) is 17.6. The summed E-state index contributed by atoms with van der Waals surface area (Å²) in [7, 11) is 0. The van der Waals surface area contributed by atoms with Crippen LogP contribution in [-0.2, 0) is 0 Å². The fraction of sp³-hybridized carbons (Fsp3) is 0.750. The van der Waals surface area contributed by atoms with Gasteiger partial charge in [0, 0.05) is 0 Å². The van der Waals surface area contributed by atoms with Crippen molar-refractivity contribution in [3.63, 3.8) is 0 Å². The highest BCUT2D eigenvalue weighted by Gasteiger charge is 1.91. The Labute approximate surface area is 153 Å². The lowest BCUT2D eigenvalue weighted by Crippen LogP contribution is -1.80. The van der Waals surface area contributed by atoms with Gasteiger partial charge in [-0.3, -0.25) is 0 Å². The summed E-state index contributed by atoms with van der Waals surface area (Å²) in [6.45, 7) is 6.84. The summed E-state index contributed by atoms with van der Waals surface area (Å²) >= 11 is 0. The van der Waals surface area contributed by atoms with Gasteiger partial charge in [-0.1, -0.05) is 109 Å². The van der Waals surface area contributed by atoms with Crippen LogP contribution in [-0.4, -0.2) is 0 Å². The Kier molecular flexibility index (Phi) is 19.6. The van der Waals surface area contributed by atoms with Gasteiger partial charge in [0.15, 0.2) is 0 Å². The molecule has 0 saturated heterocycles. The van der Waals surface area contributed by atoms with E-state index in [-0.39, 0.29) is 0 Å². The molecule has 0 heteroatoms. The van der Waals surface area contributed by atoms with Gasteiger partial charge >= 0.3 is 0 Å². The number of rotatable bonds is 17. The van der Waals surface area contributed by atoms with Crippen LogP contribution < -0.4 is 0 Å². The van der Waals surface area contributed by atoms with Crippen molar-refractivity contribution in [2.75, 3.05) is 0 Å². The van der Waals surface area contributed by atoms with Gasteiger partial charge in [0.25, 0.3) is 0 Å². The normalized spacial score (nSPS) is 12.7. The molecule has 0 aliphatic heterocycles. The first-order chi connectivity index (χ1) is 11.8. The van der Waals surface area contributed by atoms with E-state index in [0.29, 0.717) is 0 Å². The molecule has 0 nitrogen and oxygen atoms in total. The first kappa shape index (κ1) is 23.2. The van der Waals surface area contributed by atoms with Crippen LogP contribution in [0, 0.1) is 0 Å². The smallest absolute Gasteiger partial charge is 0.0303 e. The molecule has 0 aromatic carbocycles.